The molecule has 0 spiro atoms. The lowest BCUT2D eigenvalue weighted by Gasteiger charge is -2.50. The summed E-state index contributed by atoms with van der Waals surface area (Å²) in [5.74, 6) is 1.08. The molecule has 64 valence electrons. The molecule has 1 aliphatic heterocycles. The molecule has 2 fully saturated rings. The SMILES string of the molecule is CC(C)N1CCC[C@@H]2CC[C@@H]21. The van der Waals surface area contributed by atoms with Gasteiger partial charge in [0.15, 0.2) is 0 Å². The fraction of sp³-hybridized carbons (Fsp3) is 1.00. The first-order valence-corrected chi connectivity index (χ1v) is 5.05. The summed E-state index contributed by atoms with van der Waals surface area (Å²) < 4.78 is 0. The summed E-state index contributed by atoms with van der Waals surface area (Å²) in [6.07, 6.45) is 5.93. The van der Waals surface area contributed by atoms with E-state index in [1.165, 1.54) is 32.2 Å². The largest absolute Gasteiger partial charge is 0.298 e. The van der Waals surface area contributed by atoms with Gasteiger partial charge in [-0.1, -0.05) is 0 Å². The van der Waals surface area contributed by atoms with Crippen LogP contribution in [0.3, 0.4) is 0 Å². The van der Waals surface area contributed by atoms with Crippen LogP contribution in [0.15, 0.2) is 0 Å². The molecular weight excluding hydrogens is 134 g/mol. The summed E-state index contributed by atoms with van der Waals surface area (Å²) in [4.78, 5) is 2.71. The van der Waals surface area contributed by atoms with E-state index in [4.69, 9.17) is 0 Å². The molecule has 1 saturated heterocycles. The molecule has 0 aromatic rings. The maximum absolute atomic E-state index is 2.71. The zero-order valence-electron chi connectivity index (χ0n) is 7.71. The highest BCUT2D eigenvalue weighted by Gasteiger charge is 2.38. The predicted octanol–water partition coefficient (Wildman–Crippen LogP) is 2.27. The lowest BCUT2D eigenvalue weighted by molar-refractivity contribution is -0.000246. The Morgan fingerprint density at radius 3 is 2.45 bits per heavy atom. The Morgan fingerprint density at radius 1 is 1.18 bits per heavy atom. The molecule has 11 heavy (non-hydrogen) atoms. The maximum atomic E-state index is 2.71. The number of likely N-dealkylation sites (tertiary alicyclic amines) is 1. The molecule has 1 aliphatic carbocycles. The number of rotatable bonds is 1. The Balaban J connectivity index is 1.98. The molecule has 1 saturated carbocycles. The first kappa shape index (κ1) is 7.60. The molecular formula is C10H19N. The van der Waals surface area contributed by atoms with Crippen molar-refractivity contribution in [3.63, 3.8) is 0 Å². The van der Waals surface area contributed by atoms with Gasteiger partial charge in [-0.3, -0.25) is 4.90 Å². The average Bonchev–Trinajstić information content (AvgIpc) is 1.90. The molecule has 0 N–H and O–H groups in total. The Morgan fingerprint density at radius 2 is 2.00 bits per heavy atom. The van der Waals surface area contributed by atoms with E-state index in [1.54, 1.807) is 0 Å². The van der Waals surface area contributed by atoms with E-state index in [2.05, 4.69) is 18.7 Å². The van der Waals surface area contributed by atoms with Crippen molar-refractivity contribution >= 4 is 0 Å². The van der Waals surface area contributed by atoms with Crippen molar-refractivity contribution in [3.8, 4) is 0 Å². The summed E-state index contributed by atoms with van der Waals surface area (Å²) in [6, 6.07) is 1.76. The van der Waals surface area contributed by atoms with Crippen molar-refractivity contribution in [3.05, 3.63) is 0 Å². The third kappa shape index (κ3) is 1.20. The average molecular weight is 153 g/mol. The molecule has 1 heterocycles. The van der Waals surface area contributed by atoms with Gasteiger partial charge < -0.3 is 0 Å². The highest BCUT2D eigenvalue weighted by atomic mass is 15.2. The second-order valence-corrected chi connectivity index (χ2v) is 4.38. The number of hydrogen-bond donors (Lipinski definition) is 0. The molecule has 1 heteroatoms. The van der Waals surface area contributed by atoms with E-state index in [-0.39, 0.29) is 0 Å². The molecule has 0 bridgehead atoms. The third-order valence-electron chi connectivity index (χ3n) is 3.46. The van der Waals surface area contributed by atoms with Gasteiger partial charge in [0.25, 0.3) is 0 Å². The molecule has 0 unspecified atom stereocenters. The topological polar surface area (TPSA) is 3.24 Å². The second-order valence-electron chi connectivity index (χ2n) is 4.38. The second kappa shape index (κ2) is 2.78. The van der Waals surface area contributed by atoms with Gasteiger partial charge in [0.1, 0.15) is 0 Å². The molecule has 2 aliphatic rings. The van der Waals surface area contributed by atoms with Crippen molar-refractivity contribution in [1.82, 2.24) is 4.90 Å². The number of nitrogens with zero attached hydrogens (tertiary/aromatic N) is 1. The quantitative estimate of drug-likeness (QED) is 0.558. The number of piperidine rings is 1. The van der Waals surface area contributed by atoms with Gasteiger partial charge in [-0.15, -0.1) is 0 Å². The van der Waals surface area contributed by atoms with E-state index in [1.807, 2.05) is 0 Å². The summed E-state index contributed by atoms with van der Waals surface area (Å²) in [7, 11) is 0. The Labute approximate surface area is 69.8 Å². The molecule has 0 radical (unpaired) electrons. The minimum atomic E-state index is 0.781. The lowest BCUT2D eigenvalue weighted by Crippen LogP contribution is -2.53. The van der Waals surface area contributed by atoms with Crippen molar-refractivity contribution in [2.75, 3.05) is 6.54 Å². The van der Waals surface area contributed by atoms with Crippen molar-refractivity contribution in [2.24, 2.45) is 5.92 Å². The van der Waals surface area contributed by atoms with Crippen molar-refractivity contribution in [1.29, 1.82) is 0 Å². The zero-order chi connectivity index (χ0) is 7.84. The van der Waals surface area contributed by atoms with Crippen LogP contribution >= 0.6 is 0 Å². The van der Waals surface area contributed by atoms with Crippen LogP contribution in [-0.4, -0.2) is 23.5 Å². The normalized spacial score (nSPS) is 38.5. The van der Waals surface area contributed by atoms with Gasteiger partial charge in [0.2, 0.25) is 0 Å². The summed E-state index contributed by atoms with van der Waals surface area (Å²) in [5, 5.41) is 0. The molecule has 0 amide bonds. The molecule has 2 rings (SSSR count). The zero-order valence-corrected chi connectivity index (χ0v) is 7.71. The van der Waals surface area contributed by atoms with Crippen molar-refractivity contribution < 1.29 is 0 Å². The van der Waals surface area contributed by atoms with Crippen LogP contribution in [0.2, 0.25) is 0 Å². The summed E-state index contributed by atoms with van der Waals surface area (Å²) >= 11 is 0. The fourth-order valence-corrected chi connectivity index (χ4v) is 2.67. The molecule has 2 atom stereocenters. The van der Waals surface area contributed by atoms with Crippen LogP contribution in [-0.2, 0) is 0 Å². The number of hydrogen-bond acceptors (Lipinski definition) is 1. The van der Waals surface area contributed by atoms with Gasteiger partial charge in [0.05, 0.1) is 0 Å². The van der Waals surface area contributed by atoms with Crippen LogP contribution in [0.1, 0.15) is 39.5 Å². The molecule has 0 aromatic heterocycles. The third-order valence-corrected chi connectivity index (χ3v) is 3.46. The molecule has 0 aromatic carbocycles. The van der Waals surface area contributed by atoms with E-state index >= 15 is 0 Å². The van der Waals surface area contributed by atoms with Gasteiger partial charge in [-0.25, -0.2) is 0 Å². The minimum Gasteiger partial charge on any atom is -0.298 e. The highest BCUT2D eigenvalue weighted by Crippen LogP contribution is 2.39. The summed E-state index contributed by atoms with van der Waals surface area (Å²) in [6.45, 7) is 6.03. The first-order chi connectivity index (χ1) is 5.29. The minimum absolute atomic E-state index is 0.781. The Hall–Kier alpha value is -0.0400. The summed E-state index contributed by atoms with van der Waals surface area (Å²) in [5.41, 5.74) is 0. The Bertz CT molecular complexity index is 142. The van der Waals surface area contributed by atoms with Crippen molar-refractivity contribution in [2.45, 2.75) is 51.6 Å². The standard InChI is InChI=1S/C10H19N/c1-8(2)11-7-3-4-9-5-6-10(9)11/h8-10H,3-7H2,1-2H3/t9-,10+/m1/s1. The van der Waals surface area contributed by atoms with Crippen LogP contribution < -0.4 is 0 Å². The molecule has 1 nitrogen and oxygen atoms in total. The fourth-order valence-electron chi connectivity index (χ4n) is 2.67. The maximum Gasteiger partial charge on any atom is 0.0126 e. The van der Waals surface area contributed by atoms with Gasteiger partial charge in [0, 0.05) is 12.1 Å². The van der Waals surface area contributed by atoms with Gasteiger partial charge in [-0.05, 0) is 52.0 Å². The van der Waals surface area contributed by atoms with E-state index in [0.717, 1.165) is 18.0 Å². The predicted molar refractivity (Wildman–Crippen MR) is 47.6 cm³/mol. The lowest BCUT2D eigenvalue weighted by atomic mass is 9.73. The van der Waals surface area contributed by atoms with E-state index in [0.29, 0.717) is 0 Å². The van der Waals surface area contributed by atoms with Gasteiger partial charge in [-0.2, -0.15) is 0 Å². The first-order valence-electron chi connectivity index (χ1n) is 5.05. The monoisotopic (exact) mass is 153 g/mol. The van der Waals surface area contributed by atoms with E-state index in [9.17, 15) is 0 Å². The van der Waals surface area contributed by atoms with Gasteiger partial charge >= 0.3 is 0 Å². The van der Waals surface area contributed by atoms with Crippen LogP contribution in [0, 0.1) is 5.92 Å². The van der Waals surface area contributed by atoms with Crippen LogP contribution in [0.5, 0.6) is 0 Å². The Kier molecular flexibility index (Phi) is 1.92. The smallest absolute Gasteiger partial charge is 0.0126 e. The van der Waals surface area contributed by atoms with Crippen LogP contribution in [0.25, 0.3) is 0 Å². The number of fused-ring (bicyclic) bond motifs is 1. The highest BCUT2D eigenvalue weighted by molar-refractivity contribution is 4.93. The van der Waals surface area contributed by atoms with Crippen LogP contribution in [0.4, 0.5) is 0 Å². The van der Waals surface area contributed by atoms with E-state index < -0.39 is 0 Å².